The molecule has 1 amide bonds. The van der Waals surface area contributed by atoms with E-state index >= 15 is 0 Å². The molecule has 1 aromatic heterocycles. The summed E-state index contributed by atoms with van der Waals surface area (Å²) in [5.74, 6) is 1.20. The molecule has 0 unspecified atom stereocenters. The normalized spacial score (nSPS) is 10.5. The predicted molar refractivity (Wildman–Crippen MR) is 109 cm³/mol. The van der Waals surface area contributed by atoms with Crippen molar-refractivity contribution in [2.75, 3.05) is 5.32 Å². The van der Waals surface area contributed by atoms with Crippen molar-refractivity contribution in [2.24, 2.45) is 0 Å². The van der Waals surface area contributed by atoms with Gasteiger partial charge >= 0.3 is 0 Å². The van der Waals surface area contributed by atoms with Crippen LogP contribution in [0.25, 0.3) is 5.69 Å². The fourth-order valence-electron chi connectivity index (χ4n) is 2.89. The number of aromatic nitrogens is 4. The SMILES string of the molecule is Cc1cccc(Oc2ccccc2NC(=O)Cc2ccc(-n3cnnn3)cc2)c1. The Hall–Kier alpha value is -4.00. The molecule has 4 rings (SSSR count). The highest BCUT2D eigenvalue weighted by Gasteiger charge is 2.10. The lowest BCUT2D eigenvalue weighted by molar-refractivity contribution is -0.115. The molecule has 4 aromatic rings. The largest absolute Gasteiger partial charge is 0.455 e. The second kappa shape index (κ2) is 8.35. The summed E-state index contributed by atoms with van der Waals surface area (Å²) < 4.78 is 7.52. The van der Waals surface area contributed by atoms with Crippen molar-refractivity contribution < 1.29 is 9.53 Å². The average molecular weight is 385 g/mol. The Balaban J connectivity index is 1.43. The van der Waals surface area contributed by atoms with E-state index in [0.717, 1.165) is 22.6 Å². The van der Waals surface area contributed by atoms with Gasteiger partial charge in [0.2, 0.25) is 5.91 Å². The van der Waals surface area contributed by atoms with E-state index in [1.54, 1.807) is 4.68 Å². The van der Waals surface area contributed by atoms with Crippen molar-refractivity contribution >= 4 is 11.6 Å². The quantitative estimate of drug-likeness (QED) is 0.544. The lowest BCUT2D eigenvalue weighted by atomic mass is 10.1. The van der Waals surface area contributed by atoms with Gasteiger partial charge in [0.1, 0.15) is 12.1 Å². The van der Waals surface area contributed by atoms with Gasteiger partial charge in [-0.05, 0) is 64.9 Å². The number of tetrazole rings is 1. The van der Waals surface area contributed by atoms with Crippen molar-refractivity contribution in [1.29, 1.82) is 0 Å². The molecule has 7 nitrogen and oxygen atoms in total. The van der Waals surface area contributed by atoms with E-state index in [2.05, 4.69) is 20.8 Å². The zero-order valence-corrected chi connectivity index (χ0v) is 15.8. The molecule has 0 fully saturated rings. The Morgan fingerprint density at radius 1 is 1.03 bits per heavy atom. The number of hydrogen-bond acceptors (Lipinski definition) is 5. The Morgan fingerprint density at radius 2 is 1.86 bits per heavy atom. The van der Waals surface area contributed by atoms with Crippen LogP contribution in [0.3, 0.4) is 0 Å². The first-order chi connectivity index (χ1) is 14.2. The van der Waals surface area contributed by atoms with E-state index in [-0.39, 0.29) is 12.3 Å². The van der Waals surface area contributed by atoms with E-state index in [4.69, 9.17) is 4.74 Å². The lowest BCUT2D eigenvalue weighted by Gasteiger charge is -2.13. The van der Waals surface area contributed by atoms with Crippen LogP contribution in [0.1, 0.15) is 11.1 Å². The number of anilines is 1. The third kappa shape index (κ3) is 4.65. The molecule has 3 aromatic carbocycles. The van der Waals surface area contributed by atoms with Crippen LogP contribution < -0.4 is 10.1 Å². The Bertz CT molecular complexity index is 1110. The van der Waals surface area contributed by atoms with Gasteiger partial charge in [0.05, 0.1) is 17.8 Å². The number of hydrogen-bond donors (Lipinski definition) is 1. The number of amides is 1. The summed E-state index contributed by atoms with van der Waals surface area (Å²) in [5, 5.41) is 14.0. The summed E-state index contributed by atoms with van der Waals surface area (Å²) in [6, 6.07) is 22.7. The molecule has 0 atom stereocenters. The smallest absolute Gasteiger partial charge is 0.228 e. The van der Waals surface area contributed by atoms with Crippen LogP contribution in [0, 0.1) is 6.92 Å². The Labute approximate surface area is 168 Å². The Kier molecular flexibility index (Phi) is 5.29. The van der Waals surface area contributed by atoms with E-state index in [1.807, 2.05) is 79.7 Å². The third-order valence-electron chi connectivity index (χ3n) is 4.29. The van der Waals surface area contributed by atoms with Gasteiger partial charge in [0.15, 0.2) is 5.75 Å². The molecule has 0 saturated heterocycles. The van der Waals surface area contributed by atoms with Crippen molar-refractivity contribution in [1.82, 2.24) is 20.2 Å². The van der Waals surface area contributed by atoms with Crippen molar-refractivity contribution in [3.63, 3.8) is 0 Å². The molecule has 0 aliphatic rings. The lowest BCUT2D eigenvalue weighted by Crippen LogP contribution is -2.15. The summed E-state index contributed by atoms with van der Waals surface area (Å²) in [6.45, 7) is 2.01. The van der Waals surface area contributed by atoms with Crippen LogP contribution in [0.5, 0.6) is 11.5 Å². The number of nitrogens with one attached hydrogen (secondary N) is 1. The van der Waals surface area contributed by atoms with Crippen LogP contribution in [0.15, 0.2) is 79.1 Å². The number of aryl methyl sites for hydroxylation is 1. The van der Waals surface area contributed by atoms with Crippen molar-refractivity contribution in [3.8, 4) is 17.2 Å². The molecule has 0 radical (unpaired) electrons. The zero-order valence-electron chi connectivity index (χ0n) is 15.8. The molecule has 0 saturated carbocycles. The zero-order chi connectivity index (χ0) is 20.1. The maximum Gasteiger partial charge on any atom is 0.228 e. The molecule has 7 heteroatoms. The highest BCUT2D eigenvalue weighted by Crippen LogP contribution is 2.29. The molecule has 1 N–H and O–H groups in total. The standard InChI is InChI=1S/C22H19N5O2/c1-16-5-4-6-19(13-16)29-21-8-3-2-7-20(21)24-22(28)14-17-9-11-18(12-10-17)27-15-23-25-26-27/h2-13,15H,14H2,1H3,(H,24,28). The molecule has 29 heavy (non-hydrogen) atoms. The number of ether oxygens (including phenoxy) is 1. The average Bonchev–Trinajstić information content (AvgIpc) is 3.25. The Morgan fingerprint density at radius 3 is 2.62 bits per heavy atom. The first-order valence-corrected chi connectivity index (χ1v) is 9.13. The molecule has 144 valence electrons. The molecule has 0 aliphatic carbocycles. The maximum absolute atomic E-state index is 12.6. The minimum absolute atomic E-state index is 0.125. The molecule has 1 heterocycles. The summed E-state index contributed by atoms with van der Waals surface area (Å²) in [6.07, 6.45) is 1.77. The van der Waals surface area contributed by atoms with Crippen LogP contribution in [0.2, 0.25) is 0 Å². The summed E-state index contributed by atoms with van der Waals surface area (Å²) in [7, 11) is 0. The molecular weight excluding hydrogens is 366 g/mol. The molecule has 0 spiro atoms. The number of para-hydroxylation sites is 2. The van der Waals surface area contributed by atoms with E-state index < -0.39 is 0 Å². The van der Waals surface area contributed by atoms with Crippen molar-refractivity contribution in [3.05, 3.63) is 90.3 Å². The van der Waals surface area contributed by atoms with Crippen LogP contribution >= 0.6 is 0 Å². The highest BCUT2D eigenvalue weighted by molar-refractivity contribution is 5.93. The van der Waals surface area contributed by atoms with Gasteiger partial charge < -0.3 is 10.1 Å². The summed E-state index contributed by atoms with van der Waals surface area (Å²) in [4.78, 5) is 12.6. The third-order valence-corrected chi connectivity index (χ3v) is 4.29. The summed E-state index contributed by atoms with van der Waals surface area (Å²) >= 11 is 0. The fraction of sp³-hybridized carbons (Fsp3) is 0.0909. The first-order valence-electron chi connectivity index (χ1n) is 9.13. The number of benzene rings is 3. The van der Waals surface area contributed by atoms with Gasteiger partial charge in [-0.15, -0.1) is 5.10 Å². The van der Waals surface area contributed by atoms with Gasteiger partial charge in [-0.3, -0.25) is 4.79 Å². The second-order valence-corrected chi connectivity index (χ2v) is 6.56. The fourth-order valence-corrected chi connectivity index (χ4v) is 2.89. The minimum atomic E-state index is -0.125. The number of carbonyl (C=O) groups excluding carboxylic acids is 1. The monoisotopic (exact) mass is 385 g/mol. The number of carbonyl (C=O) groups is 1. The molecule has 0 aliphatic heterocycles. The van der Waals surface area contributed by atoms with Gasteiger partial charge in [-0.25, -0.2) is 4.68 Å². The number of nitrogens with zero attached hydrogens (tertiary/aromatic N) is 4. The summed E-state index contributed by atoms with van der Waals surface area (Å²) in [5.41, 5.74) is 3.45. The van der Waals surface area contributed by atoms with Crippen LogP contribution in [0.4, 0.5) is 5.69 Å². The van der Waals surface area contributed by atoms with Gasteiger partial charge in [0, 0.05) is 0 Å². The van der Waals surface area contributed by atoms with E-state index in [1.165, 1.54) is 6.33 Å². The highest BCUT2D eigenvalue weighted by atomic mass is 16.5. The molecular formula is C22H19N5O2. The maximum atomic E-state index is 12.6. The second-order valence-electron chi connectivity index (χ2n) is 6.56. The van der Waals surface area contributed by atoms with Crippen LogP contribution in [-0.4, -0.2) is 26.1 Å². The first kappa shape index (κ1) is 18.4. The van der Waals surface area contributed by atoms with Gasteiger partial charge in [-0.2, -0.15) is 0 Å². The molecule has 0 bridgehead atoms. The van der Waals surface area contributed by atoms with Gasteiger partial charge in [0.25, 0.3) is 0 Å². The van der Waals surface area contributed by atoms with Crippen molar-refractivity contribution in [2.45, 2.75) is 13.3 Å². The van der Waals surface area contributed by atoms with E-state index in [0.29, 0.717) is 11.4 Å². The predicted octanol–water partition coefficient (Wildman–Crippen LogP) is 3.94. The van der Waals surface area contributed by atoms with E-state index in [9.17, 15) is 4.79 Å². The van der Waals surface area contributed by atoms with Crippen LogP contribution in [-0.2, 0) is 11.2 Å². The topological polar surface area (TPSA) is 81.9 Å². The van der Waals surface area contributed by atoms with Gasteiger partial charge in [-0.1, -0.05) is 36.4 Å². The number of rotatable bonds is 6. The minimum Gasteiger partial charge on any atom is -0.455 e.